The van der Waals surface area contributed by atoms with Gasteiger partial charge >= 0.3 is 5.97 Å². The molecule has 3 aromatic rings. The summed E-state index contributed by atoms with van der Waals surface area (Å²) >= 11 is 0. The van der Waals surface area contributed by atoms with Crippen molar-refractivity contribution in [2.45, 2.75) is 82.8 Å². The van der Waals surface area contributed by atoms with Crippen molar-refractivity contribution in [3.63, 3.8) is 0 Å². The van der Waals surface area contributed by atoms with Crippen LogP contribution in [0.5, 0.6) is 0 Å². The summed E-state index contributed by atoms with van der Waals surface area (Å²) in [6.45, 7) is 6.67. The number of carbonyl (C=O) groups is 1. The van der Waals surface area contributed by atoms with Crippen molar-refractivity contribution >= 4 is 12.0 Å². The molecular formula is C31H35FN2O3. The summed E-state index contributed by atoms with van der Waals surface area (Å²) in [4.78, 5) is 11.8. The van der Waals surface area contributed by atoms with Gasteiger partial charge in [-0.1, -0.05) is 45.0 Å². The number of benzene rings is 2. The first kappa shape index (κ1) is 25.4. The lowest BCUT2D eigenvalue weighted by Gasteiger charge is -2.24. The molecule has 5 nitrogen and oxygen atoms in total. The van der Waals surface area contributed by atoms with E-state index < -0.39 is 12.2 Å². The Morgan fingerprint density at radius 2 is 1.86 bits per heavy atom. The molecule has 2 heterocycles. The van der Waals surface area contributed by atoms with Crippen molar-refractivity contribution in [1.29, 1.82) is 0 Å². The minimum Gasteiger partial charge on any atom is -0.458 e. The van der Waals surface area contributed by atoms with Crippen LogP contribution in [0.15, 0.2) is 54.6 Å². The molecule has 2 aliphatic rings. The lowest BCUT2D eigenvalue weighted by Crippen LogP contribution is -2.31. The van der Waals surface area contributed by atoms with Gasteiger partial charge in [0.2, 0.25) is 0 Å². The molecule has 6 heteroatoms. The van der Waals surface area contributed by atoms with Crippen molar-refractivity contribution in [3.05, 3.63) is 88.5 Å². The molecule has 1 N–H and O–H groups in total. The summed E-state index contributed by atoms with van der Waals surface area (Å²) in [7, 11) is 0. The molecule has 2 aromatic carbocycles. The normalized spacial score (nSPS) is 22.2. The summed E-state index contributed by atoms with van der Waals surface area (Å²) in [6.07, 6.45) is 6.96. The highest BCUT2D eigenvalue weighted by Gasteiger charge is 2.29. The number of halogens is 1. The van der Waals surface area contributed by atoms with Crippen molar-refractivity contribution in [3.8, 4) is 5.69 Å². The zero-order valence-corrected chi connectivity index (χ0v) is 21.8. The Balaban J connectivity index is 1.49. The van der Waals surface area contributed by atoms with Gasteiger partial charge in [0.05, 0.1) is 29.6 Å². The van der Waals surface area contributed by atoms with Crippen LogP contribution in [0.1, 0.15) is 80.5 Å². The Morgan fingerprint density at radius 1 is 1.14 bits per heavy atom. The largest absolute Gasteiger partial charge is 0.458 e. The third-order valence-corrected chi connectivity index (χ3v) is 7.45. The Kier molecular flexibility index (Phi) is 7.04. The fraction of sp³-hybridized carbons (Fsp3) is 0.419. The molecule has 5 rings (SSSR count). The van der Waals surface area contributed by atoms with Gasteiger partial charge in [0.15, 0.2) is 0 Å². The molecule has 0 saturated carbocycles. The molecule has 1 aliphatic heterocycles. The zero-order valence-electron chi connectivity index (χ0n) is 21.8. The van der Waals surface area contributed by atoms with Crippen molar-refractivity contribution < 1.29 is 19.0 Å². The number of esters is 1. The molecule has 1 saturated heterocycles. The van der Waals surface area contributed by atoms with Crippen LogP contribution >= 0.6 is 0 Å². The van der Waals surface area contributed by atoms with E-state index in [-0.39, 0.29) is 29.5 Å². The van der Waals surface area contributed by atoms with Crippen molar-refractivity contribution in [2.24, 2.45) is 0 Å². The molecule has 3 atom stereocenters. The third-order valence-electron chi connectivity index (χ3n) is 7.45. The maximum absolute atomic E-state index is 13.7. The number of aliphatic hydroxyl groups excluding tert-OH is 1. The van der Waals surface area contributed by atoms with Crippen LogP contribution in [0, 0.1) is 5.82 Å². The first-order valence-corrected chi connectivity index (χ1v) is 13.2. The quantitative estimate of drug-likeness (QED) is 0.431. The smallest absolute Gasteiger partial charge is 0.309 e. The van der Waals surface area contributed by atoms with Gasteiger partial charge in [-0.15, -0.1) is 0 Å². The highest BCUT2D eigenvalue weighted by Crippen LogP contribution is 2.37. The summed E-state index contributed by atoms with van der Waals surface area (Å²) in [5.74, 6) is -0.398. The van der Waals surface area contributed by atoms with E-state index in [9.17, 15) is 14.3 Å². The monoisotopic (exact) mass is 502 g/mol. The zero-order chi connectivity index (χ0) is 26.2. The van der Waals surface area contributed by atoms with Crippen LogP contribution < -0.4 is 0 Å². The van der Waals surface area contributed by atoms with Gasteiger partial charge in [-0.3, -0.25) is 4.79 Å². The number of cyclic esters (lactones) is 1. The first-order valence-electron chi connectivity index (χ1n) is 13.2. The fourth-order valence-corrected chi connectivity index (χ4v) is 5.43. The molecule has 0 amide bonds. The standard InChI is InChI=1S/C31H35FN2O3/c1-31(2,3)22-9-7-20(8-10-22)17-21-5-4-6-27-28(16-15-26-18-25(35)19-29(36)37-26)34(33-30(21)27)24-13-11-23(32)12-14-24/h7-16,21,25-26,35H,4-6,17-19H2,1-3H3. The molecule has 3 unspecified atom stereocenters. The predicted molar refractivity (Wildman–Crippen MR) is 142 cm³/mol. The molecule has 194 valence electrons. The molecule has 37 heavy (non-hydrogen) atoms. The van der Waals surface area contributed by atoms with Crippen molar-refractivity contribution in [1.82, 2.24) is 9.78 Å². The van der Waals surface area contributed by atoms with Gasteiger partial charge in [0.1, 0.15) is 11.9 Å². The summed E-state index contributed by atoms with van der Waals surface area (Å²) < 4.78 is 21.0. The predicted octanol–water partition coefficient (Wildman–Crippen LogP) is 6.05. The van der Waals surface area contributed by atoms with Gasteiger partial charge < -0.3 is 9.84 Å². The molecule has 1 aromatic heterocycles. The molecule has 0 bridgehead atoms. The molecule has 0 radical (unpaired) electrons. The molecular weight excluding hydrogens is 467 g/mol. The second-order valence-electron chi connectivity index (χ2n) is 11.4. The van der Waals surface area contributed by atoms with Crippen LogP contribution in [-0.4, -0.2) is 33.1 Å². The number of rotatable bonds is 5. The van der Waals surface area contributed by atoms with Crippen LogP contribution in [0.25, 0.3) is 11.8 Å². The average molecular weight is 503 g/mol. The van der Waals surface area contributed by atoms with E-state index in [1.165, 1.54) is 28.8 Å². The maximum atomic E-state index is 13.7. The van der Waals surface area contributed by atoms with E-state index in [1.54, 1.807) is 12.1 Å². The van der Waals surface area contributed by atoms with Gasteiger partial charge in [-0.2, -0.15) is 5.10 Å². The second-order valence-corrected chi connectivity index (χ2v) is 11.4. The van der Waals surface area contributed by atoms with Gasteiger partial charge in [-0.25, -0.2) is 9.07 Å². The topological polar surface area (TPSA) is 64.3 Å². The van der Waals surface area contributed by atoms with E-state index in [2.05, 4.69) is 45.0 Å². The van der Waals surface area contributed by atoms with Gasteiger partial charge in [0, 0.05) is 17.9 Å². The van der Waals surface area contributed by atoms with Gasteiger partial charge in [-0.05, 0) is 78.6 Å². The van der Waals surface area contributed by atoms with Crippen molar-refractivity contribution in [2.75, 3.05) is 0 Å². The lowest BCUT2D eigenvalue weighted by atomic mass is 9.82. The number of aromatic nitrogens is 2. The Hall–Kier alpha value is -3.25. The van der Waals surface area contributed by atoms with Crippen LogP contribution in [-0.2, 0) is 27.8 Å². The highest BCUT2D eigenvalue weighted by atomic mass is 19.1. The van der Waals surface area contributed by atoms with E-state index in [0.29, 0.717) is 6.42 Å². The van der Waals surface area contributed by atoms with Gasteiger partial charge in [0.25, 0.3) is 0 Å². The summed E-state index contributed by atoms with van der Waals surface area (Å²) in [5.41, 5.74) is 6.70. The third kappa shape index (κ3) is 5.69. The summed E-state index contributed by atoms with van der Waals surface area (Å²) in [6, 6.07) is 15.3. The number of hydrogen-bond donors (Lipinski definition) is 1. The Labute approximate surface area is 218 Å². The van der Waals surface area contributed by atoms with E-state index in [0.717, 1.165) is 42.8 Å². The van der Waals surface area contributed by atoms with Crippen LogP contribution in [0.3, 0.4) is 0 Å². The number of ether oxygens (including phenoxy) is 1. The number of carbonyl (C=O) groups excluding carboxylic acids is 1. The maximum Gasteiger partial charge on any atom is 0.309 e. The number of fused-ring (bicyclic) bond motifs is 1. The van der Waals surface area contributed by atoms with Crippen LogP contribution in [0.4, 0.5) is 4.39 Å². The molecule has 1 fully saturated rings. The van der Waals surface area contributed by atoms with Crippen LogP contribution in [0.2, 0.25) is 0 Å². The van der Waals surface area contributed by atoms with E-state index in [4.69, 9.17) is 9.84 Å². The minimum atomic E-state index is -0.694. The SMILES string of the molecule is CC(C)(C)c1ccc(CC2CCCc3c2nn(-c2ccc(F)cc2)c3C=CC2CC(O)CC(=O)O2)cc1. The summed E-state index contributed by atoms with van der Waals surface area (Å²) in [5, 5.41) is 15.1. The average Bonchev–Trinajstić information content (AvgIpc) is 3.22. The number of nitrogens with zero attached hydrogens (tertiary/aromatic N) is 2. The molecule has 0 spiro atoms. The fourth-order valence-electron chi connectivity index (χ4n) is 5.43. The molecule has 1 aliphatic carbocycles. The highest BCUT2D eigenvalue weighted by molar-refractivity contribution is 5.71. The Bertz CT molecular complexity index is 1290. The Morgan fingerprint density at radius 3 is 2.54 bits per heavy atom. The van der Waals surface area contributed by atoms with E-state index in [1.807, 2.05) is 16.8 Å². The second kappa shape index (κ2) is 10.3. The van der Waals surface area contributed by atoms with E-state index >= 15 is 0 Å². The minimum absolute atomic E-state index is 0.0334. The first-order chi connectivity index (χ1) is 17.7. The number of hydrogen-bond acceptors (Lipinski definition) is 4. The number of aliphatic hydroxyl groups is 1. The lowest BCUT2D eigenvalue weighted by molar-refractivity contribution is -0.156.